The molecule has 0 amide bonds. The number of ether oxygens (including phenoxy) is 1. The number of piperazine rings is 1. The molecule has 4 rings (SSSR count). The Labute approximate surface area is 210 Å². The summed E-state index contributed by atoms with van der Waals surface area (Å²) in [5.74, 6) is 0.947. The van der Waals surface area contributed by atoms with Gasteiger partial charge in [0, 0.05) is 61.4 Å². The van der Waals surface area contributed by atoms with Crippen molar-refractivity contribution in [3.63, 3.8) is 0 Å². The molecule has 10 nitrogen and oxygen atoms in total. The first-order chi connectivity index (χ1) is 17.1. The number of nitrogens with zero attached hydrogens (tertiary/aromatic N) is 4. The Morgan fingerprint density at radius 1 is 1.03 bits per heavy atom. The van der Waals surface area contributed by atoms with Crippen LogP contribution >= 0.6 is 0 Å². The van der Waals surface area contributed by atoms with Gasteiger partial charge in [0.05, 0.1) is 24.7 Å². The smallest absolute Gasteiger partial charge is 0.229 e. The van der Waals surface area contributed by atoms with Gasteiger partial charge in [-0.3, -0.25) is 4.72 Å². The summed E-state index contributed by atoms with van der Waals surface area (Å²) in [7, 11) is 0.240. The van der Waals surface area contributed by atoms with Crippen LogP contribution in [0, 0.1) is 12.7 Å². The SMILES string of the molecule is COc1cc(N2CCN(C)CC2)c(F)cc1Nc1ncc(C)c(Nc2ccc(NS(C)(=O)=O)cc2)n1. The third kappa shape index (κ3) is 6.32. The van der Waals surface area contributed by atoms with E-state index in [2.05, 4.69) is 37.3 Å². The summed E-state index contributed by atoms with van der Waals surface area (Å²) < 4.78 is 45.8. The van der Waals surface area contributed by atoms with Gasteiger partial charge in [-0.25, -0.2) is 17.8 Å². The lowest BCUT2D eigenvalue weighted by Crippen LogP contribution is -2.44. The van der Waals surface area contributed by atoms with Crippen LogP contribution in [0.5, 0.6) is 5.75 Å². The highest BCUT2D eigenvalue weighted by molar-refractivity contribution is 7.92. The highest BCUT2D eigenvalue weighted by Crippen LogP contribution is 2.34. The van der Waals surface area contributed by atoms with Crippen molar-refractivity contribution in [2.75, 3.05) is 66.8 Å². The Hall–Kier alpha value is -3.64. The molecule has 0 aliphatic carbocycles. The molecule has 192 valence electrons. The number of nitrogens with one attached hydrogen (secondary N) is 3. The van der Waals surface area contributed by atoms with Gasteiger partial charge in [0.1, 0.15) is 17.4 Å². The van der Waals surface area contributed by atoms with Gasteiger partial charge in [-0.15, -0.1) is 0 Å². The third-order valence-electron chi connectivity index (χ3n) is 5.78. The fraction of sp³-hybridized carbons (Fsp3) is 0.333. The van der Waals surface area contributed by atoms with Gasteiger partial charge in [0.2, 0.25) is 16.0 Å². The summed E-state index contributed by atoms with van der Waals surface area (Å²) in [6, 6.07) is 9.86. The van der Waals surface area contributed by atoms with E-state index in [4.69, 9.17) is 4.74 Å². The molecule has 1 aliphatic rings. The standard InChI is InChI=1S/C24H30FN7O3S/c1-16-15-26-24(29-23(16)27-17-5-7-18(8-6-17)30-36(4,33)34)28-20-13-19(25)21(14-22(20)35-3)32-11-9-31(2)10-12-32/h5-8,13-15,30H,9-12H2,1-4H3,(H2,26,27,28,29). The fourth-order valence-electron chi connectivity index (χ4n) is 3.82. The van der Waals surface area contributed by atoms with Crippen molar-refractivity contribution in [1.29, 1.82) is 0 Å². The number of aromatic nitrogens is 2. The zero-order chi connectivity index (χ0) is 25.9. The molecular formula is C24H30FN7O3S. The maximum atomic E-state index is 15.1. The number of hydrogen-bond acceptors (Lipinski definition) is 9. The highest BCUT2D eigenvalue weighted by Gasteiger charge is 2.20. The summed E-state index contributed by atoms with van der Waals surface area (Å²) in [4.78, 5) is 13.1. The maximum Gasteiger partial charge on any atom is 0.229 e. The first-order valence-electron chi connectivity index (χ1n) is 11.4. The Balaban J connectivity index is 1.52. The second-order valence-electron chi connectivity index (χ2n) is 8.72. The van der Waals surface area contributed by atoms with Crippen molar-refractivity contribution < 1.29 is 17.5 Å². The molecule has 1 saturated heterocycles. The summed E-state index contributed by atoms with van der Waals surface area (Å²) in [6.07, 6.45) is 2.75. The number of rotatable bonds is 8. The van der Waals surface area contributed by atoms with E-state index in [1.807, 2.05) is 11.8 Å². The quantitative estimate of drug-likeness (QED) is 0.415. The summed E-state index contributed by atoms with van der Waals surface area (Å²) in [5, 5.41) is 6.26. The summed E-state index contributed by atoms with van der Waals surface area (Å²) >= 11 is 0. The third-order valence-corrected chi connectivity index (χ3v) is 6.39. The van der Waals surface area contributed by atoms with Crippen LogP contribution in [-0.2, 0) is 10.0 Å². The number of likely N-dealkylation sites (N-methyl/N-ethyl adjacent to an activating group) is 1. The van der Waals surface area contributed by atoms with Crippen molar-refractivity contribution in [3.8, 4) is 5.75 Å². The van der Waals surface area contributed by atoms with Crippen molar-refractivity contribution in [2.45, 2.75) is 6.92 Å². The molecule has 0 bridgehead atoms. The topological polar surface area (TPSA) is 112 Å². The van der Waals surface area contributed by atoms with Crippen LogP contribution in [0.15, 0.2) is 42.6 Å². The van der Waals surface area contributed by atoms with Gasteiger partial charge in [-0.05, 0) is 38.2 Å². The summed E-state index contributed by atoms with van der Waals surface area (Å²) in [5.41, 5.74) is 2.88. The van der Waals surface area contributed by atoms with E-state index in [1.54, 1.807) is 36.5 Å². The number of anilines is 6. The number of methoxy groups -OCH3 is 1. The minimum atomic E-state index is -3.35. The van der Waals surface area contributed by atoms with E-state index in [0.29, 0.717) is 34.3 Å². The Bertz CT molecular complexity index is 1330. The molecular weight excluding hydrogens is 485 g/mol. The molecule has 1 aliphatic heterocycles. The average Bonchev–Trinajstić information content (AvgIpc) is 2.82. The Kier molecular flexibility index (Phi) is 7.45. The lowest BCUT2D eigenvalue weighted by Gasteiger charge is -2.34. The Morgan fingerprint density at radius 2 is 1.69 bits per heavy atom. The number of hydrogen-bond donors (Lipinski definition) is 3. The van der Waals surface area contributed by atoms with E-state index in [-0.39, 0.29) is 11.8 Å². The van der Waals surface area contributed by atoms with Crippen LogP contribution in [0.4, 0.5) is 38.9 Å². The summed E-state index contributed by atoms with van der Waals surface area (Å²) in [6.45, 7) is 5.07. The Morgan fingerprint density at radius 3 is 2.33 bits per heavy atom. The van der Waals surface area contributed by atoms with Crippen LogP contribution in [0.2, 0.25) is 0 Å². The van der Waals surface area contributed by atoms with Gasteiger partial charge >= 0.3 is 0 Å². The van der Waals surface area contributed by atoms with Crippen molar-refractivity contribution in [3.05, 3.63) is 54.0 Å². The molecule has 0 saturated carbocycles. The second kappa shape index (κ2) is 10.5. The molecule has 2 heterocycles. The molecule has 3 N–H and O–H groups in total. The van der Waals surface area contributed by atoms with Crippen LogP contribution < -0.4 is 25.0 Å². The predicted molar refractivity (Wildman–Crippen MR) is 141 cm³/mol. The highest BCUT2D eigenvalue weighted by atomic mass is 32.2. The molecule has 0 unspecified atom stereocenters. The van der Waals surface area contributed by atoms with Crippen LogP contribution in [0.3, 0.4) is 0 Å². The van der Waals surface area contributed by atoms with Gasteiger partial charge in [0.25, 0.3) is 0 Å². The molecule has 0 atom stereocenters. The van der Waals surface area contributed by atoms with E-state index in [0.717, 1.165) is 38.0 Å². The zero-order valence-electron chi connectivity index (χ0n) is 20.7. The van der Waals surface area contributed by atoms with E-state index >= 15 is 4.39 Å². The average molecular weight is 516 g/mol. The van der Waals surface area contributed by atoms with E-state index in [9.17, 15) is 8.42 Å². The molecule has 0 radical (unpaired) electrons. The van der Waals surface area contributed by atoms with Crippen LogP contribution in [0.1, 0.15) is 5.56 Å². The molecule has 3 aromatic rings. The number of sulfonamides is 1. The van der Waals surface area contributed by atoms with Crippen molar-refractivity contribution in [1.82, 2.24) is 14.9 Å². The van der Waals surface area contributed by atoms with Gasteiger partial charge in [-0.2, -0.15) is 4.98 Å². The minimum Gasteiger partial charge on any atom is -0.494 e. The maximum absolute atomic E-state index is 15.1. The lowest BCUT2D eigenvalue weighted by molar-refractivity contribution is 0.311. The number of halogens is 1. The first-order valence-corrected chi connectivity index (χ1v) is 13.3. The van der Waals surface area contributed by atoms with Crippen molar-refractivity contribution in [2.24, 2.45) is 0 Å². The second-order valence-corrected chi connectivity index (χ2v) is 10.5. The van der Waals surface area contributed by atoms with Gasteiger partial charge in [-0.1, -0.05) is 0 Å². The number of benzene rings is 2. The van der Waals surface area contributed by atoms with E-state index < -0.39 is 10.0 Å². The zero-order valence-corrected chi connectivity index (χ0v) is 21.5. The molecule has 12 heteroatoms. The van der Waals surface area contributed by atoms with Crippen molar-refractivity contribution >= 4 is 44.5 Å². The fourth-order valence-corrected chi connectivity index (χ4v) is 4.38. The van der Waals surface area contributed by atoms with Gasteiger partial charge < -0.3 is 25.2 Å². The molecule has 1 fully saturated rings. The largest absolute Gasteiger partial charge is 0.494 e. The van der Waals surface area contributed by atoms with Gasteiger partial charge in [0.15, 0.2) is 0 Å². The molecule has 36 heavy (non-hydrogen) atoms. The molecule has 2 aromatic carbocycles. The normalized spacial score (nSPS) is 14.4. The van der Waals surface area contributed by atoms with Crippen LogP contribution in [0.25, 0.3) is 0 Å². The van der Waals surface area contributed by atoms with E-state index in [1.165, 1.54) is 13.2 Å². The number of aryl methyl sites for hydroxylation is 1. The van der Waals surface area contributed by atoms with Crippen LogP contribution in [-0.4, -0.2) is 69.9 Å². The molecule has 1 aromatic heterocycles. The lowest BCUT2D eigenvalue weighted by atomic mass is 10.2. The first kappa shape index (κ1) is 25.5. The monoisotopic (exact) mass is 515 g/mol. The predicted octanol–water partition coefficient (Wildman–Crippen LogP) is 3.54. The minimum absolute atomic E-state index is 0.267. The molecule has 0 spiro atoms.